The fourth-order valence-electron chi connectivity index (χ4n) is 2.90. The Bertz CT molecular complexity index is 818. The van der Waals surface area contributed by atoms with Crippen molar-refractivity contribution in [3.8, 4) is 17.4 Å². The number of nitrogens with zero attached hydrogens (tertiary/aromatic N) is 2. The second-order valence-corrected chi connectivity index (χ2v) is 6.97. The third-order valence-corrected chi connectivity index (χ3v) is 4.54. The van der Waals surface area contributed by atoms with Gasteiger partial charge in [0.05, 0.1) is 5.56 Å². The van der Waals surface area contributed by atoms with Crippen LogP contribution in [0.4, 0.5) is 13.2 Å². The van der Waals surface area contributed by atoms with Crippen molar-refractivity contribution in [2.75, 3.05) is 13.1 Å². The van der Waals surface area contributed by atoms with Crippen LogP contribution in [-0.2, 0) is 15.8 Å². The van der Waals surface area contributed by atoms with Crippen LogP contribution >= 0.6 is 0 Å². The van der Waals surface area contributed by atoms with E-state index in [2.05, 4.69) is 4.98 Å². The van der Waals surface area contributed by atoms with Gasteiger partial charge in [0.25, 0.3) is 0 Å². The van der Waals surface area contributed by atoms with Crippen molar-refractivity contribution >= 4 is 5.97 Å². The Morgan fingerprint density at radius 2 is 1.63 bits per heavy atom. The molecule has 3 rings (SSSR count). The molecule has 1 saturated heterocycles. The standard InChI is InChI=1S/C21H23F3N2O4/c1-15(20(27)30-26-12-4-2-3-5-13-26)28-17-7-9-18(10-8-17)29-19-11-6-16(14-25-19)21(22,23)24/h6-11,14-15H,2-5,12-13H2,1H3. The lowest BCUT2D eigenvalue weighted by atomic mass is 10.2. The summed E-state index contributed by atoms with van der Waals surface area (Å²) < 4.78 is 48.8. The first-order chi connectivity index (χ1) is 14.3. The molecule has 0 bridgehead atoms. The number of alkyl halides is 3. The van der Waals surface area contributed by atoms with Crippen molar-refractivity contribution in [2.24, 2.45) is 0 Å². The largest absolute Gasteiger partial charge is 0.479 e. The third kappa shape index (κ3) is 6.35. The number of pyridine rings is 1. The fourth-order valence-corrected chi connectivity index (χ4v) is 2.90. The number of carbonyl (C=O) groups excluding carboxylic acids is 1. The molecule has 0 saturated carbocycles. The molecule has 2 aromatic rings. The van der Waals surface area contributed by atoms with Crippen LogP contribution in [0.2, 0.25) is 0 Å². The van der Waals surface area contributed by atoms with Gasteiger partial charge in [-0.1, -0.05) is 12.8 Å². The van der Waals surface area contributed by atoms with Gasteiger partial charge in [0.15, 0.2) is 6.10 Å². The summed E-state index contributed by atoms with van der Waals surface area (Å²) >= 11 is 0. The van der Waals surface area contributed by atoms with E-state index in [0.717, 1.165) is 50.9 Å². The van der Waals surface area contributed by atoms with Gasteiger partial charge in [-0.15, -0.1) is 5.06 Å². The highest BCUT2D eigenvalue weighted by molar-refractivity contribution is 5.74. The zero-order valence-electron chi connectivity index (χ0n) is 16.5. The van der Waals surface area contributed by atoms with Gasteiger partial charge in [-0.05, 0) is 50.1 Å². The molecule has 1 unspecified atom stereocenters. The molecule has 1 aromatic carbocycles. The van der Waals surface area contributed by atoms with E-state index >= 15 is 0 Å². The third-order valence-electron chi connectivity index (χ3n) is 4.54. The van der Waals surface area contributed by atoms with Crippen LogP contribution < -0.4 is 9.47 Å². The highest BCUT2D eigenvalue weighted by Crippen LogP contribution is 2.30. The molecule has 6 nitrogen and oxygen atoms in total. The van der Waals surface area contributed by atoms with Crippen LogP contribution in [0.3, 0.4) is 0 Å². The number of hydrogen-bond acceptors (Lipinski definition) is 6. The molecule has 30 heavy (non-hydrogen) atoms. The van der Waals surface area contributed by atoms with E-state index in [4.69, 9.17) is 14.3 Å². The summed E-state index contributed by atoms with van der Waals surface area (Å²) in [5, 5.41) is 1.68. The summed E-state index contributed by atoms with van der Waals surface area (Å²) in [5.74, 6) is 0.370. The molecule has 9 heteroatoms. The summed E-state index contributed by atoms with van der Waals surface area (Å²) in [6.45, 7) is 3.06. The number of rotatable bonds is 6. The smallest absolute Gasteiger partial charge is 0.417 e. The van der Waals surface area contributed by atoms with Crippen LogP contribution in [0.25, 0.3) is 0 Å². The van der Waals surface area contributed by atoms with Gasteiger partial charge < -0.3 is 14.3 Å². The topological polar surface area (TPSA) is 60.9 Å². The van der Waals surface area contributed by atoms with Crippen LogP contribution in [0.5, 0.6) is 17.4 Å². The van der Waals surface area contributed by atoms with Gasteiger partial charge >= 0.3 is 12.1 Å². The number of aromatic nitrogens is 1. The molecule has 0 amide bonds. The summed E-state index contributed by atoms with van der Waals surface area (Å²) in [5.41, 5.74) is -0.848. The van der Waals surface area contributed by atoms with Crippen molar-refractivity contribution in [1.82, 2.24) is 10.0 Å². The maximum atomic E-state index is 12.6. The van der Waals surface area contributed by atoms with E-state index in [1.165, 1.54) is 0 Å². The SMILES string of the molecule is CC(Oc1ccc(Oc2ccc(C(F)(F)F)cn2)cc1)C(=O)ON1CCCCCC1. The highest BCUT2D eigenvalue weighted by atomic mass is 19.4. The summed E-state index contributed by atoms with van der Waals surface area (Å²) in [6.07, 6.45) is -0.264. The predicted molar refractivity (Wildman–Crippen MR) is 102 cm³/mol. The average molecular weight is 424 g/mol. The maximum absolute atomic E-state index is 12.6. The molecule has 1 atom stereocenters. The predicted octanol–water partition coefficient (Wildman–Crippen LogP) is 4.99. The van der Waals surface area contributed by atoms with Crippen molar-refractivity contribution in [2.45, 2.75) is 44.9 Å². The number of hydrogen-bond donors (Lipinski definition) is 0. The Hall–Kier alpha value is -2.81. The molecule has 2 heterocycles. The first-order valence-electron chi connectivity index (χ1n) is 9.76. The summed E-state index contributed by atoms with van der Waals surface area (Å²) in [6, 6.07) is 8.37. The Morgan fingerprint density at radius 1 is 1.00 bits per heavy atom. The highest BCUT2D eigenvalue weighted by Gasteiger charge is 2.30. The fraction of sp³-hybridized carbons (Fsp3) is 0.429. The molecular weight excluding hydrogens is 401 g/mol. The van der Waals surface area contributed by atoms with E-state index in [0.29, 0.717) is 17.7 Å². The second-order valence-electron chi connectivity index (χ2n) is 6.97. The Balaban J connectivity index is 1.51. The van der Waals surface area contributed by atoms with Gasteiger partial charge in [-0.25, -0.2) is 9.78 Å². The lowest BCUT2D eigenvalue weighted by molar-refractivity contribution is -0.197. The minimum absolute atomic E-state index is 0.0334. The first kappa shape index (κ1) is 21.9. The maximum Gasteiger partial charge on any atom is 0.417 e. The Labute approximate surface area is 172 Å². The van der Waals surface area contributed by atoms with Crippen molar-refractivity contribution in [3.05, 3.63) is 48.2 Å². The second kappa shape index (κ2) is 9.80. The first-order valence-corrected chi connectivity index (χ1v) is 9.76. The van der Waals surface area contributed by atoms with Crippen LogP contribution in [-0.4, -0.2) is 35.2 Å². The van der Waals surface area contributed by atoms with Crippen molar-refractivity contribution < 1.29 is 32.3 Å². The van der Waals surface area contributed by atoms with E-state index in [1.54, 1.807) is 36.3 Å². The van der Waals surface area contributed by atoms with Crippen LogP contribution in [0.1, 0.15) is 38.2 Å². The van der Waals surface area contributed by atoms with Gasteiger partial charge in [-0.2, -0.15) is 13.2 Å². The molecule has 162 valence electrons. The molecular formula is C21H23F3N2O4. The molecule has 1 aromatic heterocycles. The molecule has 0 spiro atoms. The number of carbonyl (C=O) groups is 1. The van der Waals surface area contributed by atoms with Gasteiger partial charge in [0.2, 0.25) is 5.88 Å². The normalized spacial score (nSPS) is 16.4. The van der Waals surface area contributed by atoms with Crippen LogP contribution in [0.15, 0.2) is 42.6 Å². The minimum atomic E-state index is -4.45. The van der Waals surface area contributed by atoms with E-state index < -0.39 is 23.8 Å². The Morgan fingerprint density at radius 3 is 2.20 bits per heavy atom. The van der Waals surface area contributed by atoms with Crippen LogP contribution in [0, 0.1) is 0 Å². The summed E-state index contributed by atoms with van der Waals surface area (Å²) in [4.78, 5) is 21.3. The lowest BCUT2D eigenvalue weighted by Crippen LogP contribution is -2.35. The van der Waals surface area contributed by atoms with E-state index in [1.807, 2.05) is 0 Å². The van der Waals surface area contributed by atoms with Gasteiger partial charge in [-0.3, -0.25) is 0 Å². The zero-order chi connectivity index (χ0) is 21.6. The molecule has 1 fully saturated rings. The van der Waals surface area contributed by atoms with Gasteiger partial charge in [0, 0.05) is 25.4 Å². The number of halogens is 3. The molecule has 1 aliphatic rings. The van der Waals surface area contributed by atoms with E-state index in [-0.39, 0.29) is 5.88 Å². The number of benzene rings is 1. The van der Waals surface area contributed by atoms with Crippen molar-refractivity contribution in [1.29, 1.82) is 0 Å². The quantitative estimate of drug-likeness (QED) is 0.651. The molecule has 0 radical (unpaired) electrons. The summed E-state index contributed by atoms with van der Waals surface area (Å²) in [7, 11) is 0. The average Bonchev–Trinajstić information content (AvgIpc) is 2.98. The molecule has 0 N–H and O–H groups in total. The number of hydroxylamine groups is 2. The van der Waals surface area contributed by atoms with Crippen molar-refractivity contribution in [3.63, 3.8) is 0 Å². The van der Waals surface area contributed by atoms with E-state index in [9.17, 15) is 18.0 Å². The monoisotopic (exact) mass is 424 g/mol. The zero-order valence-corrected chi connectivity index (χ0v) is 16.5. The molecule has 0 aliphatic carbocycles. The molecule has 1 aliphatic heterocycles. The Kier molecular flexibility index (Phi) is 7.15. The van der Waals surface area contributed by atoms with Gasteiger partial charge in [0.1, 0.15) is 11.5 Å². The number of ether oxygens (including phenoxy) is 2. The lowest BCUT2D eigenvalue weighted by Gasteiger charge is -2.21. The minimum Gasteiger partial charge on any atom is -0.479 e.